The molecule has 0 unspecified atom stereocenters. The number of aromatic nitrogens is 1. The van der Waals surface area contributed by atoms with Crippen molar-refractivity contribution in [2.24, 2.45) is 0 Å². The van der Waals surface area contributed by atoms with Crippen molar-refractivity contribution in [3.8, 4) is 5.75 Å². The second kappa shape index (κ2) is 6.37. The fourth-order valence-corrected chi connectivity index (χ4v) is 2.75. The first kappa shape index (κ1) is 16.1. The molecule has 0 aliphatic carbocycles. The predicted molar refractivity (Wildman–Crippen MR) is 91.0 cm³/mol. The summed E-state index contributed by atoms with van der Waals surface area (Å²) in [7, 11) is 1.55. The smallest absolute Gasteiger partial charge is 0.309 e. The van der Waals surface area contributed by atoms with Crippen molar-refractivity contribution in [1.82, 2.24) is 4.57 Å². The zero-order valence-electron chi connectivity index (χ0n) is 12.8. The molecule has 3 rings (SSSR count). The van der Waals surface area contributed by atoms with Crippen molar-refractivity contribution in [1.29, 1.82) is 0 Å². The summed E-state index contributed by atoms with van der Waals surface area (Å²) in [5, 5.41) is 10.4. The largest absolute Gasteiger partial charge is 0.497 e. The number of rotatable bonds is 4. The molecule has 0 saturated carbocycles. The topological polar surface area (TPSA) is 68.5 Å². The molecule has 0 aliphatic heterocycles. The van der Waals surface area contributed by atoms with E-state index in [2.05, 4.69) is 0 Å². The summed E-state index contributed by atoms with van der Waals surface area (Å²) < 4.78 is 6.61. The molecule has 1 heterocycles. The number of fused-ring (bicyclic) bond motifs is 1. The number of halogens is 1. The van der Waals surface area contributed by atoms with Crippen molar-refractivity contribution in [3.63, 3.8) is 0 Å². The highest BCUT2D eigenvalue weighted by atomic mass is 35.5. The molecule has 2 aromatic carbocycles. The first-order chi connectivity index (χ1) is 11.5. The number of carboxylic acid groups (broad SMARTS) is 1. The lowest BCUT2D eigenvalue weighted by Gasteiger charge is -2.09. The molecule has 1 aromatic heterocycles. The number of carboxylic acids is 1. The van der Waals surface area contributed by atoms with Gasteiger partial charge in [-0.05, 0) is 48.5 Å². The summed E-state index contributed by atoms with van der Waals surface area (Å²) in [4.78, 5) is 24.0. The summed E-state index contributed by atoms with van der Waals surface area (Å²) in [5.74, 6) is -0.668. The van der Waals surface area contributed by atoms with Crippen molar-refractivity contribution in [2.75, 3.05) is 7.11 Å². The average Bonchev–Trinajstić information content (AvgIpc) is 2.90. The highest BCUT2D eigenvalue weighted by molar-refractivity contribution is 6.30. The standard InChI is InChI=1S/C18H14ClNO4/c1-24-15-6-7-16-12(9-15)8-14(10-17(21)22)20(16)18(23)11-2-4-13(19)5-3-11/h2-9H,10H2,1H3,(H,21,22). The lowest BCUT2D eigenvalue weighted by molar-refractivity contribution is -0.136. The van der Waals surface area contributed by atoms with Crippen LogP contribution in [-0.2, 0) is 11.2 Å². The van der Waals surface area contributed by atoms with E-state index < -0.39 is 5.97 Å². The maximum Gasteiger partial charge on any atom is 0.309 e. The summed E-state index contributed by atoms with van der Waals surface area (Å²) in [6.07, 6.45) is -0.254. The second-order valence-electron chi connectivity index (χ2n) is 5.28. The molecular formula is C18H14ClNO4. The van der Waals surface area contributed by atoms with E-state index in [1.54, 1.807) is 55.6 Å². The van der Waals surface area contributed by atoms with Crippen LogP contribution in [-0.4, -0.2) is 28.7 Å². The minimum atomic E-state index is -1.00. The number of aliphatic carboxylic acids is 1. The van der Waals surface area contributed by atoms with Crippen LogP contribution in [0, 0.1) is 0 Å². The summed E-state index contributed by atoms with van der Waals surface area (Å²) in [6, 6.07) is 13.4. The van der Waals surface area contributed by atoms with Crippen LogP contribution in [0.25, 0.3) is 10.9 Å². The number of ether oxygens (including phenoxy) is 1. The molecule has 24 heavy (non-hydrogen) atoms. The van der Waals surface area contributed by atoms with Crippen LogP contribution in [0.2, 0.25) is 5.02 Å². The number of hydrogen-bond acceptors (Lipinski definition) is 3. The Labute approximate surface area is 143 Å². The van der Waals surface area contributed by atoms with Crippen LogP contribution in [0.3, 0.4) is 0 Å². The maximum atomic E-state index is 12.9. The van der Waals surface area contributed by atoms with Gasteiger partial charge in [0.25, 0.3) is 5.91 Å². The molecule has 3 aromatic rings. The molecule has 1 N–H and O–H groups in total. The zero-order chi connectivity index (χ0) is 17.3. The van der Waals surface area contributed by atoms with Crippen molar-refractivity contribution in [2.45, 2.75) is 6.42 Å². The zero-order valence-corrected chi connectivity index (χ0v) is 13.6. The maximum absolute atomic E-state index is 12.9. The molecule has 0 bridgehead atoms. The summed E-state index contributed by atoms with van der Waals surface area (Å²) in [5.41, 5.74) is 1.47. The molecular weight excluding hydrogens is 330 g/mol. The predicted octanol–water partition coefficient (Wildman–Crippen LogP) is 3.62. The van der Waals surface area contributed by atoms with Gasteiger partial charge >= 0.3 is 5.97 Å². The van der Waals surface area contributed by atoms with Crippen LogP contribution in [0.5, 0.6) is 5.75 Å². The van der Waals surface area contributed by atoms with E-state index in [0.29, 0.717) is 27.5 Å². The highest BCUT2D eigenvalue weighted by Gasteiger charge is 2.19. The molecule has 0 amide bonds. The fourth-order valence-electron chi connectivity index (χ4n) is 2.62. The van der Waals surface area contributed by atoms with Gasteiger partial charge in [-0.2, -0.15) is 0 Å². The van der Waals surface area contributed by atoms with Crippen LogP contribution in [0.4, 0.5) is 0 Å². The first-order valence-electron chi connectivity index (χ1n) is 7.20. The minimum absolute atomic E-state index is 0.254. The third-order valence-electron chi connectivity index (χ3n) is 3.71. The molecule has 0 saturated heterocycles. The lowest BCUT2D eigenvalue weighted by Crippen LogP contribution is -2.16. The Morgan fingerprint density at radius 2 is 1.83 bits per heavy atom. The van der Waals surface area contributed by atoms with Crippen molar-refractivity contribution < 1.29 is 19.4 Å². The number of methoxy groups -OCH3 is 1. The van der Waals surface area contributed by atoms with E-state index in [1.165, 1.54) is 4.57 Å². The van der Waals surface area contributed by atoms with Crippen molar-refractivity contribution in [3.05, 3.63) is 64.8 Å². The average molecular weight is 344 g/mol. The Balaban J connectivity index is 2.17. The Morgan fingerprint density at radius 1 is 1.12 bits per heavy atom. The van der Waals surface area contributed by atoms with E-state index in [-0.39, 0.29) is 12.3 Å². The SMILES string of the molecule is COc1ccc2c(c1)cc(CC(=O)O)n2C(=O)c1ccc(Cl)cc1. The quantitative estimate of drug-likeness (QED) is 0.785. The second-order valence-corrected chi connectivity index (χ2v) is 5.71. The molecule has 0 radical (unpaired) electrons. The molecule has 0 spiro atoms. The van der Waals surface area contributed by atoms with Crippen LogP contribution in [0.15, 0.2) is 48.5 Å². The van der Waals surface area contributed by atoms with Crippen molar-refractivity contribution >= 4 is 34.4 Å². The Morgan fingerprint density at radius 3 is 2.46 bits per heavy atom. The summed E-state index contributed by atoms with van der Waals surface area (Å²) >= 11 is 5.86. The van der Waals surface area contributed by atoms with Gasteiger partial charge in [0.15, 0.2) is 0 Å². The normalized spacial score (nSPS) is 10.8. The number of carbonyl (C=O) groups excluding carboxylic acids is 1. The van der Waals surface area contributed by atoms with Gasteiger partial charge in [-0.1, -0.05) is 11.6 Å². The fraction of sp³-hybridized carbons (Fsp3) is 0.111. The van der Waals surface area contributed by atoms with Crippen LogP contribution < -0.4 is 4.74 Å². The Bertz CT molecular complexity index is 928. The van der Waals surface area contributed by atoms with E-state index in [0.717, 1.165) is 5.39 Å². The van der Waals surface area contributed by atoms with Crippen LogP contribution >= 0.6 is 11.6 Å². The monoisotopic (exact) mass is 343 g/mol. The van der Waals surface area contributed by atoms with Gasteiger partial charge in [0.2, 0.25) is 0 Å². The van der Waals surface area contributed by atoms with E-state index >= 15 is 0 Å². The highest BCUT2D eigenvalue weighted by Crippen LogP contribution is 2.26. The number of carbonyl (C=O) groups is 2. The first-order valence-corrected chi connectivity index (χ1v) is 7.58. The van der Waals surface area contributed by atoms with Gasteiger partial charge in [-0.25, -0.2) is 0 Å². The van der Waals surface area contributed by atoms with Gasteiger partial charge in [0.05, 0.1) is 19.0 Å². The van der Waals surface area contributed by atoms with Gasteiger partial charge in [0, 0.05) is 21.7 Å². The number of benzene rings is 2. The van der Waals surface area contributed by atoms with E-state index in [4.69, 9.17) is 21.4 Å². The van der Waals surface area contributed by atoms with Gasteiger partial charge in [-0.15, -0.1) is 0 Å². The Kier molecular flexibility index (Phi) is 4.27. The molecule has 5 nitrogen and oxygen atoms in total. The molecule has 0 atom stereocenters. The number of hydrogen-bond donors (Lipinski definition) is 1. The Hall–Kier alpha value is -2.79. The summed E-state index contributed by atoms with van der Waals surface area (Å²) in [6.45, 7) is 0. The van der Waals surface area contributed by atoms with Gasteiger partial charge in [0.1, 0.15) is 5.75 Å². The lowest BCUT2D eigenvalue weighted by atomic mass is 10.2. The molecule has 0 fully saturated rings. The van der Waals surface area contributed by atoms with Gasteiger partial charge in [-0.3, -0.25) is 14.2 Å². The van der Waals surface area contributed by atoms with Gasteiger partial charge < -0.3 is 9.84 Å². The molecule has 0 aliphatic rings. The third-order valence-corrected chi connectivity index (χ3v) is 3.96. The van der Waals surface area contributed by atoms with Crippen LogP contribution in [0.1, 0.15) is 16.1 Å². The molecule has 122 valence electrons. The third kappa shape index (κ3) is 2.98. The number of nitrogens with zero attached hydrogens (tertiary/aromatic N) is 1. The minimum Gasteiger partial charge on any atom is -0.497 e. The molecule has 6 heteroatoms. The van der Waals surface area contributed by atoms with E-state index in [9.17, 15) is 9.59 Å². The van der Waals surface area contributed by atoms with E-state index in [1.807, 2.05) is 0 Å².